The third-order valence-electron chi connectivity index (χ3n) is 5.32. The van der Waals surface area contributed by atoms with Crippen molar-refractivity contribution in [3.05, 3.63) is 77.1 Å². The standard InChI is InChI=1S/C23H20N2O.CHF3O3S/c1-15-13-18-7-10-19(25(3)21(18)14-16(15)2)9-6-17-8-11-22(26)23-20(17)5-4-12-24-23;2-1(3,4)8(5,6)7/h4-14H,1-3H3;(H,5,6,7). The molecular formula is C24H21F3N2O4S. The van der Waals surface area contributed by atoms with Gasteiger partial charge in [-0.05, 0) is 60.9 Å². The van der Waals surface area contributed by atoms with Gasteiger partial charge >= 0.3 is 5.51 Å². The first kappa shape index (κ1) is 25.1. The Morgan fingerprint density at radius 1 is 1.03 bits per heavy atom. The highest BCUT2D eigenvalue weighted by Gasteiger charge is 2.36. The number of aromatic nitrogens is 2. The number of rotatable bonds is 2. The Kier molecular flexibility index (Phi) is 6.94. The molecule has 2 aromatic carbocycles. The number of pyridine rings is 2. The van der Waals surface area contributed by atoms with Gasteiger partial charge < -0.3 is 9.66 Å². The van der Waals surface area contributed by atoms with Crippen LogP contribution in [0, 0.1) is 13.8 Å². The van der Waals surface area contributed by atoms with Gasteiger partial charge in [-0.25, -0.2) is 8.42 Å². The van der Waals surface area contributed by atoms with Gasteiger partial charge in [0.25, 0.3) is 0 Å². The van der Waals surface area contributed by atoms with E-state index in [4.69, 9.17) is 13.0 Å². The van der Waals surface area contributed by atoms with E-state index in [1.807, 2.05) is 18.2 Å². The van der Waals surface area contributed by atoms with Crippen LogP contribution in [-0.4, -0.2) is 28.6 Å². The topological polar surface area (TPSA) is 94.2 Å². The lowest BCUT2D eigenvalue weighted by molar-refractivity contribution is -0.646. The fraction of sp³-hybridized carbons (Fsp3) is 0.167. The molecule has 178 valence electrons. The zero-order valence-electron chi connectivity index (χ0n) is 18.5. The van der Waals surface area contributed by atoms with Crippen LogP contribution in [0.3, 0.4) is 0 Å². The van der Waals surface area contributed by atoms with E-state index in [0.717, 1.165) is 16.6 Å². The third kappa shape index (κ3) is 5.35. The monoisotopic (exact) mass is 490 g/mol. The highest BCUT2D eigenvalue weighted by atomic mass is 32.2. The van der Waals surface area contributed by atoms with Crippen molar-refractivity contribution >= 4 is 44.1 Å². The number of alkyl halides is 3. The lowest BCUT2D eigenvalue weighted by atomic mass is 10.0. The number of phenols is 1. The molecule has 0 fully saturated rings. The van der Waals surface area contributed by atoms with Gasteiger partial charge in [0.2, 0.25) is 11.2 Å². The minimum Gasteiger partial charge on any atom is -0.741 e. The normalized spacial score (nSPS) is 12.2. The number of aryl methyl sites for hydroxylation is 3. The third-order valence-corrected chi connectivity index (χ3v) is 5.89. The molecule has 0 unspecified atom stereocenters. The molecule has 34 heavy (non-hydrogen) atoms. The Balaban J connectivity index is 0.000000350. The van der Waals surface area contributed by atoms with Crippen LogP contribution in [0.4, 0.5) is 13.2 Å². The van der Waals surface area contributed by atoms with Gasteiger partial charge in [-0.15, -0.1) is 0 Å². The van der Waals surface area contributed by atoms with Crippen LogP contribution in [-0.2, 0) is 17.2 Å². The first-order valence-electron chi connectivity index (χ1n) is 9.96. The second-order valence-electron chi connectivity index (χ2n) is 7.62. The predicted octanol–water partition coefficient (Wildman–Crippen LogP) is 4.76. The van der Waals surface area contributed by atoms with Crippen molar-refractivity contribution in [3.8, 4) is 5.75 Å². The van der Waals surface area contributed by atoms with Crippen molar-refractivity contribution < 1.29 is 35.8 Å². The van der Waals surface area contributed by atoms with E-state index < -0.39 is 15.6 Å². The molecule has 0 aliphatic heterocycles. The summed E-state index contributed by atoms with van der Waals surface area (Å²) in [5.41, 5.74) is 0.953. The lowest BCUT2D eigenvalue weighted by Gasteiger charge is -2.08. The molecule has 0 atom stereocenters. The number of aromatic hydroxyl groups is 1. The van der Waals surface area contributed by atoms with Crippen LogP contribution >= 0.6 is 0 Å². The van der Waals surface area contributed by atoms with Gasteiger partial charge in [-0.1, -0.05) is 12.1 Å². The molecule has 0 saturated heterocycles. The van der Waals surface area contributed by atoms with Crippen LogP contribution in [0.15, 0.2) is 54.7 Å². The van der Waals surface area contributed by atoms with Gasteiger partial charge in [-0.2, -0.15) is 17.7 Å². The quantitative estimate of drug-likeness (QED) is 0.249. The summed E-state index contributed by atoms with van der Waals surface area (Å²) < 4.78 is 61.1. The predicted molar refractivity (Wildman–Crippen MR) is 123 cm³/mol. The number of hydrogen-bond donors (Lipinski definition) is 1. The average molecular weight is 491 g/mol. The molecule has 4 rings (SSSR count). The highest BCUT2D eigenvalue weighted by molar-refractivity contribution is 7.86. The van der Waals surface area contributed by atoms with Crippen LogP contribution in [0.1, 0.15) is 22.4 Å². The van der Waals surface area contributed by atoms with Crippen molar-refractivity contribution in [3.63, 3.8) is 0 Å². The molecule has 0 aliphatic rings. The summed E-state index contributed by atoms with van der Waals surface area (Å²) in [6, 6.07) is 16.3. The molecular weight excluding hydrogens is 469 g/mol. The Bertz CT molecular complexity index is 1510. The fourth-order valence-corrected chi connectivity index (χ4v) is 3.34. The zero-order chi connectivity index (χ0) is 25.3. The van der Waals surface area contributed by atoms with Gasteiger partial charge in [0.15, 0.2) is 10.1 Å². The molecule has 1 N–H and O–H groups in total. The van der Waals surface area contributed by atoms with Crippen molar-refractivity contribution in [1.82, 2.24) is 4.98 Å². The molecule has 2 aromatic heterocycles. The number of fused-ring (bicyclic) bond motifs is 2. The summed E-state index contributed by atoms with van der Waals surface area (Å²) >= 11 is 0. The summed E-state index contributed by atoms with van der Waals surface area (Å²) in [4.78, 5) is 4.28. The van der Waals surface area contributed by atoms with Crippen molar-refractivity contribution in [1.29, 1.82) is 0 Å². The van der Waals surface area contributed by atoms with E-state index in [1.165, 1.54) is 22.0 Å². The van der Waals surface area contributed by atoms with E-state index in [0.29, 0.717) is 5.52 Å². The summed E-state index contributed by atoms with van der Waals surface area (Å²) in [5, 5.41) is 12.2. The maximum Gasteiger partial charge on any atom is 0.485 e. The Hall–Kier alpha value is -3.50. The smallest absolute Gasteiger partial charge is 0.485 e. The van der Waals surface area contributed by atoms with Gasteiger partial charge in [0.05, 0.1) is 0 Å². The Morgan fingerprint density at radius 2 is 1.68 bits per heavy atom. The Morgan fingerprint density at radius 3 is 2.32 bits per heavy atom. The summed E-state index contributed by atoms with van der Waals surface area (Å²) in [6.07, 6.45) is 5.88. The molecule has 4 aromatic rings. The number of benzene rings is 2. The minimum absolute atomic E-state index is 0.208. The molecule has 2 heterocycles. The van der Waals surface area contributed by atoms with Crippen molar-refractivity contribution in [2.75, 3.05) is 0 Å². The molecule has 0 spiro atoms. The van der Waals surface area contributed by atoms with E-state index in [1.54, 1.807) is 12.3 Å². The minimum atomic E-state index is -6.09. The average Bonchev–Trinajstić information content (AvgIpc) is 2.75. The summed E-state index contributed by atoms with van der Waals surface area (Å²) in [7, 11) is -4.00. The second-order valence-corrected chi connectivity index (χ2v) is 8.99. The van der Waals surface area contributed by atoms with Gasteiger partial charge in [0, 0.05) is 35.2 Å². The lowest BCUT2D eigenvalue weighted by Crippen LogP contribution is -2.32. The number of nitrogens with zero attached hydrogens (tertiary/aromatic N) is 2. The number of hydrogen-bond acceptors (Lipinski definition) is 5. The SMILES string of the molecule is Cc1cc2ccc(C=Cc3ccc(O)c4ncccc34)[n+](C)c2cc1C.O=S(=O)([O-])C(F)(F)F. The van der Waals surface area contributed by atoms with E-state index >= 15 is 0 Å². The van der Waals surface area contributed by atoms with Gasteiger partial charge in [-0.3, -0.25) is 4.98 Å². The van der Waals surface area contributed by atoms with E-state index in [2.05, 4.69) is 66.9 Å². The van der Waals surface area contributed by atoms with E-state index in [9.17, 15) is 18.3 Å². The molecule has 0 radical (unpaired) electrons. The molecule has 0 bridgehead atoms. The summed E-state index contributed by atoms with van der Waals surface area (Å²) in [6.45, 7) is 4.29. The maximum atomic E-state index is 10.7. The molecule has 0 saturated carbocycles. The fourth-order valence-electron chi connectivity index (χ4n) is 3.34. The number of halogens is 3. The van der Waals surface area contributed by atoms with Crippen molar-refractivity contribution in [2.45, 2.75) is 19.4 Å². The van der Waals surface area contributed by atoms with E-state index in [-0.39, 0.29) is 5.75 Å². The Labute approximate surface area is 194 Å². The van der Waals surface area contributed by atoms with Crippen LogP contribution in [0.25, 0.3) is 34.0 Å². The second kappa shape index (κ2) is 9.40. The highest BCUT2D eigenvalue weighted by Crippen LogP contribution is 2.27. The largest absolute Gasteiger partial charge is 0.741 e. The zero-order valence-corrected chi connectivity index (χ0v) is 19.3. The molecule has 6 nitrogen and oxygen atoms in total. The van der Waals surface area contributed by atoms with Crippen LogP contribution in [0.2, 0.25) is 0 Å². The van der Waals surface area contributed by atoms with Crippen LogP contribution < -0.4 is 4.57 Å². The molecule has 0 aliphatic carbocycles. The first-order valence-corrected chi connectivity index (χ1v) is 11.4. The van der Waals surface area contributed by atoms with Gasteiger partial charge in [0.1, 0.15) is 18.3 Å². The first-order chi connectivity index (χ1) is 15.8. The maximum absolute atomic E-state index is 10.7. The van der Waals surface area contributed by atoms with Crippen molar-refractivity contribution in [2.24, 2.45) is 7.05 Å². The summed E-state index contributed by atoms with van der Waals surface area (Å²) in [5.74, 6) is 0.208. The number of phenolic OH excluding ortho intramolecular Hbond substituents is 1. The van der Waals surface area contributed by atoms with Crippen LogP contribution in [0.5, 0.6) is 5.75 Å². The molecule has 0 amide bonds. The molecule has 10 heteroatoms.